The molecule has 0 aliphatic carbocycles. The van der Waals surface area contributed by atoms with Crippen molar-refractivity contribution in [1.29, 1.82) is 0 Å². The van der Waals surface area contributed by atoms with Gasteiger partial charge in [0.25, 0.3) is 5.69 Å². The SMILES string of the molecule is O=C1CS[C@@H](c2cc(Br)ccc2OCc2ccc([N+](=O)[O-])cc2)N1c1ccc(Cl)cc1. The lowest BCUT2D eigenvalue weighted by atomic mass is 10.1. The molecule has 1 heterocycles. The molecule has 0 saturated carbocycles. The van der Waals surface area contributed by atoms with E-state index < -0.39 is 4.92 Å². The molecule has 0 spiro atoms. The van der Waals surface area contributed by atoms with E-state index in [1.807, 2.05) is 30.3 Å². The van der Waals surface area contributed by atoms with Crippen LogP contribution in [0.3, 0.4) is 0 Å². The summed E-state index contributed by atoms with van der Waals surface area (Å²) < 4.78 is 6.94. The van der Waals surface area contributed by atoms with E-state index in [1.54, 1.807) is 29.2 Å². The summed E-state index contributed by atoms with van der Waals surface area (Å²) in [5.74, 6) is 1.02. The van der Waals surface area contributed by atoms with Crippen LogP contribution in [0, 0.1) is 10.1 Å². The van der Waals surface area contributed by atoms with Gasteiger partial charge in [-0.1, -0.05) is 27.5 Å². The summed E-state index contributed by atoms with van der Waals surface area (Å²) in [5, 5.41) is 11.2. The van der Waals surface area contributed by atoms with Crippen molar-refractivity contribution in [3.8, 4) is 5.75 Å². The fourth-order valence-corrected chi connectivity index (χ4v) is 4.95. The van der Waals surface area contributed by atoms with E-state index in [-0.39, 0.29) is 23.6 Å². The highest BCUT2D eigenvalue weighted by molar-refractivity contribution is 9.10. The van der Waals surface area contributed by atoms with Crippen molar-refractivity contribution in [2.45, 2.75) is 12.0 Å². The maximum atomic E-state index is 12.7. The number of ether oxygens (including phenoxy) is 1. The monoisotopic (exact) mass is 518 g/mol. The molecule has 0 unspecified atom stereocenters. The molecule has 4 rings (SSSR count). The van der Waals surface area contributed by atoms with Crippen molar-refractivity contribution in [3.63, 3.8) is 0 Å². The van der Waals surface area contributed by atoms with Gasteiger partial charge in [0, 0.05) is 32.9 Å². The van der Waals surface area contributed by atoms with Crippen molar-refractivity contribution in [3.05, 3.63) is 97.5 Å². The highest BCUT2D eigenvalue weighted by Gasteiger charge is 2.36. The van der Waals surface area contributed by atoms with Gasteiger partial charge in [-0.2, -0.15) is 0 Å². The summed E-state index contributed by atoms with van der Waals surface area (Å²) in [6.45, 7) is 0.249. The Morgan fingerprint density at radius 3 is 2.52 bits per heavy atom. The molecule has 6 nitrogen and oxygen atoms in total. The molecule has 0 aromatic heterocycles. The summed E-state index contributed by atoms with van der Waals surface area (Å²) in [5.41, 5.74) is 2.48. The normalized spacial score (nSPS) is 15.9. The molecular weight excluding hydrogens is 504 g/mol. The van der Waals surface area contributed by atoms with Crippen molar-refractivity contribution in [1.82, 2.24) is 0 Å². The van der Waals surface area contributed by atoms with Gasteiger partial charge in [0.05, 0.1) is 10.7 Å². The summed E-state index contributed by atoms with van der Waals surface area (Å²) in [4.78, 5) is 24.8. The zero-order chi connectivity index (χ0) is 22.0. The minimum atomic E-state index is -0.433. The number of nitro benzene ring substituents is 1. The molecule has 158 valence electrons. The summed E-state index contributed by atoms with van der Waals surface area (Å²) in [6, 6.07) is 19.1. The number of non-ortho nitro benzene ring substituents is 1. The molecule has 0 bridgehead atoms. The number of nitrogens with zero attached hydrogens (tertiary/aromatic N) is 2. The largest absolute Gasteiger partial charge is 0.489 e. The number of hydrogen-bond donors (Lipinski definition) is 0. The predicted molar refractivity (Wildman–Crippen MR) is 126 cm³/mol. The first-order valence-electron chi connectivity index (χ1n) is 9.27. The lowest BCUT2D eigenvalue weighted by Gasteiger charge is -2.26. The molecule has 3 aromatic rings. The first kappa shape index (κ1) is 21.7. The molecule has 3 aromatic carbocycles. The number of anilines is 1. The highest BCUT2D eigenvalue weighted by Crippen LogP contribution is 2.45. The fraction of sp³-hybridized carbons (Fsp3) is 0.136. The second-order valence-corrected chi connectivity index (χ2v) is 9.22. The maximum absolute atomic E-state index is 12.7. The van der Waals surface area contributed by atoms with Gasteiger partial charge in [-0.3, -0.25) is 19.8 Å². The van der Waals surface area contributed by atoms with E-state index in [4.69, 9.17) is 16.3 Å². The average molecular weight is 520 g/mol. The number of hydrogen-bond acceptors (Lipinski definition) is 5. The Balaban J connectivity index is 1.60. The van der Waals surface area contributed by atoms with E-state index in [2.05, 4.69) is 15.9 Å². The minimum Gasteiger partial charge on any atom is -0.489 e. The van der Waals surface area contributed by atoms with E-state index in [9.17, 15) is 14.9 Å². The molecule has 0 radical (unpaired) electrons. The summed E-state index contributed by atoms with van der Waals surface area (Å²) >= 11 is 11.0. The second kappa shape index (κ2) is 9.30. The van der Waals surface area contributed by atoms with Crippen LogP contribution in [0.15, 0.2) is 71.2 Å². The molecule has 31 heavy (non-hydrogen) atoms. The van der Waals surface area contributed by atoms with Crippen LogP contribution in [-0.4, -0.2) is 16.6 Å². The van der Waals surface area contributed by atoms with Crippen molar-refractivity contribution in [2.75, 3.05) is 10.7 Å². The van der Waals surface area contributed by atoms with Crippen LogP contribution < -0.4 is 9.64 Å². The van der Waals surface area contributed by atoms with Gasteiger partial charge in [0.2, 0.25) is 5.91 Å². The fourth-order valence-electron chi connectivity index (χ4n) is 3.25. The lowest BCUT2D eigenvalue weighted by Crippen LogP contribution is -2.28. The number of amides is 1. The van der Waals surface area contributed by atoms with Crippen LogP contribution in [0.5, 0.6) is 5.75 Å². The van der Waals surface area contributed by atoms with Gasteiger partial charge < -0.3 is 4.74 Å². The van der Waals surface area contributed by atoms with Crippen LogP contribution in [0.4, 0.5) is 11.4 Å². The quantitative estimate of drug-likeness (QED) is 0.279. The van der Waals surface area contributed by atoms with Crippen LogP contribution in [-0.2, 0) is 11.4 Å². The summed E-state index contributed by atoms with van der Waals surface area (Å²) in [7, 11) is 0. The topological polar surface area (TPSA) is 72.7 Å². The Bertz CT molecular complexity index is 1130. The third-order valence-corrected chi connectivity index (χ3v) is 6.69. The smallest absolute Gasteiger partial charge is 0.269 e. The standard InChI is InChI=1S/C22H16BrClN2O4S/c23-15-3-10-20(30-12-14-1-6-18(7-2-14)26(28)29)19(11-15)22-25(21(27)13-31-22)17-8-4-16(24)5-9-17/h1-11,22H,12-13H2/t22-/m0/s1. The summed E-state index contributed by atoms with van der Waals surface area (Å²) in [6.07, 6.45) is 0. The Morgan fingerprint density at radius 2 is 1.84 bits per heavy atom. The molecule has 1 amide bonds. The zero-order valence-electron chi connectivity index (χ0n) is 16.0. The van der Waals surface area contributed by atoms with Crippen LogP contribution in [0.1, 0.15) is 16.5 Å². The number of carbonyl (C=O) groups is 1. The highest BCUT2D eigenvalue weighted by atomic mass is 79.9. The van der Waals surface area contributed by atoms with Crippen LogP contribution in [0.2, 0.25) is 5.02 Å². The number of benzene rings is 3. The van der Waals surface area contributed by atoms with Gasteiger partial charge >= 0.3 is 0 Å². The molecule has 1 aliphatic rings. The maximum Gasteiger partial charge on any atom is 0.269 e. The first-order chi connectivity index (χ1) is 14.9. The van der Waals surface area contributed by atoms with Crippen LogP contribution in [0.25, 0.3) is 0 Å². The molecule has 9 heteroatoms. The number of nitro groups is 1. The second-order valence-electron chi connectivity index (χ2n) is 6.80. The van der Waals surface area contributed by atoms with Crippen molar-refractivity contribution in [2.24, 2.45) is 0 Å². The Morgan fingerprint density at radius 1 is 1.13 bits per heavy atom. The first-order valence-corrected chi connectivity index (χ1v) is 11.5. The van der Waals surface area contributed by atoms with Crippen LogP contribution >= 0.6 is 39.3 Å². The van der Waals surface area contributed by atoms with Crippen molar-refractivity contribution < 1.29 is 14.5 Å². The van der Waals surface area contributed by atoms with Gasteiger partial charge in [-0.25, -0.2) is 0 Å². The van der Waals surface area contributed by atoms with Gasteiger partial charge in [0.1, 0.15) is 17.7 Å². The van der Waals surface area contributed by atoms with E-state index in [0.29, 0.717) is 16.5 Å². The van der Waals surface area contributed by atoms with Crippen molar-refractivity contribution >= 4 is 56.6 Å². The predicted octanol–water partition coefficient (Wildman–Crippen LogP) is 6.37. The number of carbonyl (C=O) groups excluding carboxylic acids is 1. The molecular formula is C22H16BrClN2O4S. The third-order valence-electron chi connectivity index (χ3n) is 4.75. The van der Waals surface area contributed by atoms with Gasteiger partial charge in [-0.15, -0.1) is 11.8 Å². The molecule has 1 atom stereocenters. The molecule has 1 aliphatic heterocycles. The van der Waals surface area contributed by atoms with E-state index >= 15 is 0 Å². The number of thioether (sulfide) groups is 1. The Labute approximate surface area is 196 Å². The van der Waals surface area contributed by atoms with E-state index in [1.165, 1.54) is 23.9 Å². The van der Waals surface area contributed by atoms with Gasteiger partial charge in [-0.05, 0) is 60.2 Å². The van der Waals surface area contributed by atoms with Gasteiger partial charge in [0.15, 0.2) is 0 Å². The zero-order valence-corrected chi connectivity index (χ0v) is 19.2. The molecule has 1 fully saturated rings. The Hall–Kier alpha value is -2.55. The average Bonchev–Trinajstić information content (AvgIpc) is 3.15. The van der Waals surface area contributed by atoms with E-state index in [0.717, 1.165) is 21.3 Å². The Kier molecular flexibility index (Phi) is 6.50. The number of halogens is 2. The lowest BCUT2D eigenvalue weighted by molar-refractivity contribution is -0.384. The molecule has 0 N–H and O–H groups in total. The minimum absolute atomic E-state index is 0.0126. The molecule has 1 saturated heterocycles. The third kappa shape index (κ3) is 4.87. The number of rotatable bonds is 6.